The largest absolute Gasteiger partial charge is 0.357 e. The van der Waals surface area contributed by atoms with Crippen molar-refractivity contribution >= 4 is 51.5 Å². The van der Waals surface area contributed by atoms with Crippen LogP contribution in [-0.4, -0.2) is 82.1 Å². The van der Waals surface area contributed by atoms with Crippen molar-refractivity contribution in [2.75, 3.05) is 62.8 Å². The standard InChI is InChI=1S/C14H30N4O2S2.HI/c1-3-15-14(16-6-4-5-11-21-2)17-7-8-18-9-12-22(19,20)13-10-18;/h3-13H2,1-2H3,(H2,15,16,17);1H. The van der Waals surface area contributed by atoms with E-state index in [1.54, 1.807) is 0 Å². The number of unbranched alkanes of at least 4 members (excludes halogenated alkanes) is 1. The first kappa shape index (κ1) is 23.3. The van der Waals surface area contributed by atoms with Crippen LogP contribution in [0, 0.1) is 0 Å². The van der Waals surface area contributed by atoms with Gasteiger partial charge in [-0.3, -0.25) is 9.89 Å². The third-order valence-corrected chi connectivity index (χ3v) is 5.83. The predicted molar refractivity (Wildman–Crippen MR) is 112 cm³/mol. The number of sulfone groups is 1. The van der Waals surface area contributed by atoms with Crippen molar-refractivity contribution in [1.29, 1.82) is 0 Å². The smallest absolute Gasteiger partial charge is 0.191 e. The van der Waals surface area contributed by atoms with Crippen LogP contribution in [0.1, 0.15) is 19.8 Å². The van der Waals surface area contributed by atoms with Crippen molar-refractivity contribution in [1.82, 2.24) is 15.5 Å². The minimum absolute atomic E-state index is 0. The third kappa shape index (κ3) is 11.4. The highest BCUT2D eigenvalue weighted by atomic mass is 127. The molecule has 0 aliphatic carbocycles. The zero-order valence-electron chi connectivity index (χ0n) is 14.2. The van der Waals surface area contributed by atoms with E-state index in [-0.39, 0.29) is 35.5 Å². The lowest BCUT2D eigenvalue weighted by molar-refractivity contribution is 0.299. The Morgan fingerprint density at radius 3 is 2.52 bits per heavy atom. The lowest BCUT2D eigenvalue weighted by Gasteiger charge is -2.26. The van der Waals surface area contributed by atoms with Gasteiger partial charge in [0, 0.05) is 39.3 Å². The zero-order chi connectivity index (χ0) is 16.3. The van der Waals surface area contributed by atoms with Crippen LogP contribution in [0.5, 0.6) is 0 Å². The molecule has 1 aliphatic rings. The molecule has 6 nitrogen and oxygen atoms in total. The minimum atomic E-state index is -2.79. The Bertz CT molecular complexity index is 418. The molecule has 0 spiro atoms. The lowest BCUT2D eigenvalue weighted by atomic mass is 10.3. The van der Waals surface area contributed by atoms with Gasteiger partial charge in [-0.1, -0.05) is 0 Å². The molecule has 1 fully saturated rings. The fourth-order valence-electron chi connectivity index (χ4n) is 2.20. The average molecular weight is 478 g/mol. The first-order valence-corrected chi connectivity index (χ1v) is 11.2. The molecular weight excluding hydrogens is 447 g/mol. The summed E-state index contributed by atoms with van der Waals surface area (Å²) in [5.74, 6) is 2.63. The summed E-state index contributed by atoms with van der Waals surface area (Å²) in [5, 5.41) is 6.57. The molecule has 138 valence electrons. The fraction of sp³-hybridized carbons (Fsp3) is 0.929. The van der Waals surface area contributed by atoms with E-state index in [1.165, 1.54) is 12.2 Å². The van der Waals surface area contributed by atoms with Crippen LogP contribution >= 0.6 is 35.7 Å². The van der Waals surface area contributed by atoms with Gasteiger partial charge >= 0.3 is 0 Å². The van der Waals surface area contributed by atoms with Crippen molar-refractivity contribution in [3.63, 3.8) is 0 Å². The number of rotatable bonds is 9. The van der Waals surface area contributed by atoms with E-state index in [1.807, 2.05) is 11.8 Å². The summed E-state index contributed by atoms with van der Waals surface area (Å²) in [4.78, 5) is 6.75. The molecule has 0 unspecified atom stereocenters. The number of halogens is 1. The van der Waals surface area contributed by atoms with Gasteiger partial charge in [-0.05, 0) is 31.8 Å². The third-order valence-electron chi connectivity index (χ3n) is 3.53. The normalized spacial score (nSPS) is 18.3. The van der Waals surface area contributed by atoms with E-state index in [2.05, 4.69) is 33.7 Å². The van der Waals surface area contributed by atoms with Gasteiger partial charge in [0.05, 0.1) is 11.5 Å². The van der Waals surface area contributed by atoms with Gasteiger partial charge in [0.2, 0.25) is 0 Å². The highest BCUT2D eigenvalue weighted by Crippen LogP contribution is 2.02. The highest BCUT2D eigenvalue weighted by molar-refractivity contribution is 14.0. The number of aliphatic imine (C=N–C) groups is 1. The van der Waals surface area contributed by atoms with Gasteiger partial charge < -0.3 is 10.6 Å². The van der Waals surface area contributed by atoms with Crippen LogP contribution in [0.3, 0.4) is 0 Å². The summed E-state index contributed by atoms with van der Waals surface area (Å²) in [6, 6.07) is 0. The van der Waals surface area contributed by atoms with Crippen LogP contribution in [0.4, 0.5) is 0 Å². The number of hydrogen-bond acceptors (Lipinski definition) is 5. The minimum Gasteiger partial charge on any atom is -0.357 e. The second-order valence-electron chi connectivity index (χ2n) is 5.38. The quantitative estimate of drug-likeness (QED) is 0.223. The summed E-state index contributed by atoms with van der Waals surface area (Å²) in [6.07, 6.45) is 4.44. The molecule has 2 N–H and O–H groups in total. The molecule has 0 amide bonds. The van der Waals surface area contributed by atoms with Gasteiger partial charge in [-0.25, -0.2) is 8.42 Å². The Kier molecular flexibility index (Phi) is 13.7. The Hall–Kier alpha value is 0.260. The molecule has 0 aromatic rings. The number of nitrogens with one attached hydrogen (secondary N) is 2. The highest BCUT2D eigenvalue weighted by Gasteiger charge is 2.20. The maximum Gasteiger partial charge on any atom is 0.191 e. The number of nitrogens with zero attached hydrogens (tertiary/aromatic N) is 2. The second-order valence-corrected chi connectivity index (χ2v) is 8.67. The molecule has 0 radical (unpaired) electrons. The van der Waals surface area contributed by atoms with E-state index < -0.39 is 9.84 Å². The van der Waals surface area contributed by atoms with Gasteiger partial charge in [0.25, 0.3) is 0 Å². The van der Waals surface area contributed by atoms with E-state index in [0.717, 1.165) is 38.6 Å². The van der Waals surface area contributed by atoms with Crippen molar-refractivity contribution in [3.8, 4) is 0 Å². The monoisotopic (exact) mass is 478 g/mol. The average Bonchev–Trinajstić information content (AvgIpc) is 2.48. The molecule has 1 aliphatic heterocycles. The first-order chi connectivity index (χ1) is 10.6. The maximum atomic E-state index is 11.4. The summed E-state index contributed by atoms with van der Waals surface area (Å²) in [7, 11) is -2.79. The first-order valence-electron chi connectivity index (χ1n) is 8.01. The topological polar surface area (TPSA) is 73.8 Å². The summed E-state index contributed by atoms with van der Waals surface area (Å²) >= 11 is 1.87. The van der Waals surface area contributed by atoms with Crippen molar-refractivity contribution in [2.24, 2.45) is 4.99 Å². The van der Waals surface area contributed by atoms with Gasteiger partial charge in [0.1, 0.15) is 0 Å². The molecule has 0 atom stereocenters. The molecule has 0 bridgehead atoms. The SMILES string of the molecule is CCNC(=NCCCCSC)NCCN1CCS(=O)(=O)CC1.I. The molecule has 0 saturated carbocycles. The second kappa shape index (κ2) is 13.5. The Balaban J connectivity index is 0.00000484. The molecule has 1 saturated heterocycles. The number of hydrogen-bond donors (Lipinski definition) is 2. The Morgan fingerprint density at radius 2 is 1.91 bits per heavy atom. The molecule has 1 rings (SSSR count). The molecule has 0 aromatic heterocycles. The summed E-state index contributed by atoms with van der Waals surface area (Å²) in [6.45, 7) is 6.68. The van der Waals surface area contributed by atoms with Crippen molar-refractivity contribution in [3.05, 3.63) is 0 Å². The van der Waals surface area contributed by atoms with Crippen LogP contribution in [0.2, 0.25) is 0 Å². The van der Waals surface area contributed by atoms with Crippen molar-refractivity contribution in [2.45, 2.75) is 19.8 Å². The van der Waals surface area contributed by atoms with Gasteiger partial charge in [0.15, 0.2) is 15.8 Å². The zero-order valence-corrected chi connectivity index (χ0v) is 18.2. The van der Waals surface area contributed by atoms with Crippen LogP contribution < -0.4 is 10.6 Å². The van der Waals surface area contributed by atoms with E-state index in [0.29, 0.717) is 13.1 Å². The lowest BCUT2D eigenvalue weighted by Crippen LogP contribution is -2.46. The maximum absolute atomic E-state index is 11.4. The summed E-state index contributed by atoms with van der Waals surface area (Å²) in [5.41, 5.74) is 0. The van der Waals surface area contributed by atoms with E-state index >= 15 is 0 Å². The van der Waals surface area contributed by atoms with Gasteiger partial charge in [-0.15, -0.1) is 24.0 Å². The molecule has 0 aromatic carbocycles. The van der Waals surface area contributed by atoms with Gasteiger partial charge in [-0.2, -0.15) is 11.8 Å². The Labute approximate surface area is 162 Å². The van der Waals surface area contributed by atoms with Crippen LogP contribution in [-0.2, 0) is 9.84 Å². The fourth-order valence-corrected chi connectivity index (χ4v) is 3.97. The number of guanidine groups is 1. The summed E-state index contributed by atoms with van der Waals surface area (Å²) < 4.78 is 22.8. The van der Waals surface area contributed by atoms with Crippen molar-refractivity contribution < 1.29 is 8.42 Å². The predicted octanol–water partition coefficient (Wildman–Crippen LogP) is 1.03. The Morgan fingerprint density at radius 1 is 1.22 bits per heavy atom. The van der Waals surface area contributed by atoms with Crippen LogP contribution in [0.15, 0.2) is 4.99 Å². The molecule has 9 heteroatoms. The van der Waals surface area contributed by atoms with Crippen LogP contribution in [0.25, 0.3) is 0 Å². The number of thioether (sulfide) groups is 1. The van der Waals surface area contributed by atoms with E-state index in [4.69, 9.17) is 0 Å². The molecule has 1 heterocycles. The molecular formula is C14H31IN4O2S2. The van der Waals surface area contributed by atoms with E-state index in [9.17, 15) is 8.42 Å². The molecule has 23 heavy (non-hydrogen) atoms.